The molecule has 3 rings (SSSR count). The van der Waals surface area contributed by atoms with Crippen LogP contribution in [0.15, 0.2) is 54.7 Å². The Hall–Kier alpha value is -3.51. The largest absolute Gasteiger partial charge is 0.478 e. The molecule has 1 heterocycles. The lowest BCUT2D eigenvalue weighted by molar-refractivity contribution is -0.143. The third-order valence-corrected chi connectivity index (χ3v) is 4.65. The summed E-state index contributed by atoms with van der Waals surface area (Å²) in [5.74, 6) is -0.413. The third-order valence-electron chi connectivity index (χ3n) is 4.65. The minimum atomic E-state index is -4.80. The summed E-state index contributed by atoms with van der Waals surface area (Å²) < 4.78 is 74.3. The molecular formula is C24H24F6N4O2. The van der Waals surface area contributed by atoms with Crippen molar-refractivity contribution in [2.45, 2.75) is 25.3 Å². The van der Waals surface area contributed by atoms with Gasteiger partial charge in [0.25, 0.3) is 0 Å². The Morgan fingerprint density at radius 1 is 0.972 bits per heavy atom. The molecule has 0 radical (unpaired) electrons. The van der Waals surface area contributed by atoms with Crippen LogP contribution in [-0.4, -0.2) is 46.6 Å². The van der Waals surface area contributed by atoms with Crippen LogP contribution in [0, 0.1) is 0 Å². The number of halogens is 6. The number of aromatic nitrogens is 2. The lowest BCUT2D eigenvalue weighted by Gasteiger charge is -2.13. The molecule has 0 bridgehead atoms. The van der Waals surface area contributed by atoms with E-state index in [1.807, 2.05) is 49.3 Å². The maximum atomic E-state index is 12.4. The van der Waals surface area contributed by atoms with Crippen LogP contribution in [0.3, 0.4) is 0 Å². The first-order valence-corrected chi connectivity index (χ1v) is 10.5. The molecule has 0 spiro atoms. The number of hydrogen-bond donors (Lipinski definition) is 2. The summed E-state index contributed by atoms with van der Waals surface area (Å²) in [6, 6.07) is 10.7. The maximum absolute atomic E-state index is 12.4. The third kappa shape index (κ3) is 8.31. The number of alkyl halides is 6. The number of carboxylic acid groups (broad SMARTS) is 1. The molecule has 3 N–H and O–H groups in total. The van der Waals surface area contributed by atoms with Crippen LogP contribution in [0.1, 0.15) is 32.9 Å². The summed E-state index contributed by atoms with van der Waals surface area (Å²) >= 11 is 0. The minimum absolute atomic E-state index is 0.0153. The predicted molar refractivity (Wildman–Crippen MR) is 121 cm³/mol. The topological polar surface area (TPSA) is 92.3 Å². The van der Waals surface area contributed by atoms with E-state index < -0.39 is 29.4 Å². The van der Waals surface area contributed by atoms with Crippen molar-refractivity contribution in [3.05, 3.63) is 82.8 Å². The number of rotatable bonds is 6. The highest BCUT2D eigenvalue weighted by molar-refractivity contribution is 5.94. The second-order valence-electron chi connectivity index (χ2n) is 7.91. The maximum Gasteiger partial charge on any atom is 0.416 e. The smallest absolute Gasteiger partial charge is 0.416 e. The molecule has 0 atom stereocenters. The fourth-order valence-corrected chi connectivity index (χ4v) is 3.08. The van der Waals surface area contributed by atoms with Crippen molar-refractivity contribution < 1.29 is 36.2 Å². The van der Waals surface area contributed by atoms with Crippen LogP contribution >= 0.6 is 0 Å². The Balaban J connectivity index is 0.000000255. The molecule has 0 saturated carbocycles. The van der Waals surface area contributed by atoms with Gasteiger partial charge < -0.3 is 15.7 Å². The van der Waals surface area contributed by atoms with Gasteiger partial charge in [0.2, 0.25) is 0 Å². The van der Waals surface area contributed by atoms with Crippen molar-refractivity contribution in [1.29, 1.82) is 0 Å². The van der Waals surface area contributed by atoms with Crippen LogP contribution in [0.5, 0.6) is 0 Å². The zero-order valence-electron chi connectivity index (χ0n) is 19.4. The molecule has 1 aromatic heterocycles. The number of benzene rings is 2. The Bertz CT molecular complexity index is 1130. The number of carbonyl (C=O) groups is 1. The van der Waals surface area contributed by atoms with Crippen molar-refractivity contribution in [3.63, 3.8) is 0 Å². The van der Waals surface area contributed by atoms with Crippen molar-refractivity contribution in [2.24, 2.45) is 5.73 Å². The van der Waals surface area contributed by atoms with Gasteiger partial charge >= 0.3 is 18.3 Å². The molecule has 0 fully saturated rings. The number of nitrogens with two attached hydrogens (primary N) is 1. The van der Waals surface area contributed by atoms with Crippen LogP contribution in [0.25, 0.3) is 11.3 Å². The van der Waals surface area contributed by atoms with Gasteiger partial charge in [-0.25, -0.2) is 14.8 Å². The van der Waals surface area contributed by atoms with Crippen LogP contribution in [0.4, 0.5) is 26.3 Å². The first-order valence-electron chi connectivity index (χ1n) is 10.5. The van der Waals surface area contributed by atoms with Crippen LogP contribution < -0.4 is 5.73 Å². The predicted octanol–water partition coefficient (Wildman–Crippen LogP) is 5.13. The van der Waals surface area contributed by atoms with Crippen molar-refractivity contribution in [2.75, 3.05) is 20.6 Å². The van der Waals surface area contributed by atoms with Gasteiger partial charge in [0.15, 0.2) is 0 Å². The SMILES string of the molecule is CN(C)Cc1ncc(C(=O)O)c(-c2ccccc2)n1.NCCc1cc(C(F)(F)F)cc(C(F)(F)F)c1. The van der Waals surface area contributed by atoms with Gasteiger partial charge in [-0.3, -0.25) is 0 Å². The van der Waals surface area contributed by atoms with E-state index in [4.69, 9.17) is 5.73 Å². The molecule has 6 nitrogen and oxygen atoms in total. The summed E-state index contributed by atoms with van der Waals surface area (Å²) in [5.41, 5.74) is 3.78. The molecule has 0 aliphatic carbocycles. The van der Waals surface area contributed by atoms with Crippen LogP contribution in [-0.2, 0) is 25.3 Å². The summed E-state index contributed by atoms with van der Waals surface area (Å²) in [7, 11) is 3.83. The Labute approximate surface area is 203 Å². The molecule has 12 heteroatoms. The molecule has 3 aromatic rings. The number of aromatic carboxylic acids is 1. The normalized spacial score (nSPS) is 11.7. The molecule has 0 amide bonds. The number of hydrogen-bond acceptors (Lipinski definition) is 5. The molecule has 0 unspecified atom stereocenters. The van der Waals surface area contributed by atoms with Crippen molar-refractivity contribution >= 4 is 5.97 Å². The molecule has 0 aliphatic heterocycles. The van der Waals surface area contributed by atoms with Gasteiger partial charge in [0.1, 0.15) is 11.4 Å². The van der Waals surface area contributed by atoms with Gasteiger partial charge in [0.05, 0.1) is 23.4 Å². The number of carboxylic acids is 1. The van der Waals surface area contributed by atoms with Gasteiger partial charge in [0, 0.05) is 11.8 Å². The van der Waals surface area contributed by atoms with Crippen LogP contribution in [0.2, 0.25) is 0 Å². The standard InChI is InChI=1S/C14H15N3O2.C10H9F6N/c1-17(2)9-12-15-8-11(14(18)19)13(16-12)10-6-4-3-5-7-10;11-9(12,13)7-3-6(1-2-17)4-8(5-7)10(14,15)16/h3-8H,9H2,1-2H3,(H,18,19);3-5H,1-2,17H2. The fraction of sp³-hybridized carbons (Fsp3) is 0.292. The first kappa shape index (κ1) is 28.7. The van der Waals surface area contributed by atoms with E-state index in [0.717, 1.165) is 5.56 Å². The second-order valence-corrected chi connectivity index (χ2v) is 7.91. The summed E-state index contributed by atoms with van der Waals surface area (Å²) in [6.45, 7) is 0.554. The molecule has 194 valence electrons. The van der Waals surface area contributed by atoms with E-state index in [1.54, 1.807) is 0 Å². The summed E-state index contributed by atoms with van der Waals surface area (Å²) in [5, 5.41) is 9.21. The number of nitrogens with zero attached hydrogens (tertiary/aromatic N) is 3. The van der Waals surface area contributed by atoms with E-state index in [2.05, 4.69) is 9.97 Å². The van der Waals surface area contributed by atoms with Crippen molar-refractivity contribution in [1.82, 2.24) is 14.9 Å². The molecule has 2 aromatic carbocycles. The van der Waals surface area contributed by atoms with E-state index >= 15 is 0 Å². The first-order chi connectivity index (χ1) is 16.7. The quantitative estimate of drug-likeness (QED) is 0.444. The average Bonchev–Trinajstić information content (AvgIpc) is 2.78. The second kappa shape index (κ2) is 12.0. The molecular weight excluding hydrogens is 490 g/mol. The summed E-state index contributed by atoms with van der Waals surface area (Å²) in [4.78, 5) is 21.6. The zero-order chi connectivity index (χ0) is 27.1. The van der Waals surface area contributed by atoms with E-state index in [-0.39, 0.29) is 30.2 Å². The fourth-order valence-electron chi connectivity index (χ4n) is 3.08. The Morgan fingerprint density at radius 2 is 1.53 bits per heavy atom. The monoisotopic (exact) mass is 514 g/mol. The highest BCUT2D eigenvalue weighted by Gasteiger charge is 2.36. The Morgan fingerprint density at radius 3 is 1.97 bits per heavy atom. The highest BCUT2D eigenvalue weighted by Crippen LogP contribution is 2.36. The minimum Gasteiger partial charge on any atom is -0.478 e. The van der Waals surface area contributed by atoms with E-state index in [9.17, 15) is 36.2 Å². The van der Waals surface area contributed by atoms with Crippen molar-refractivity contribution in [3.8, 4) is 11.3 Å². The lowest BCUT2D eigenvalue weighted by atomic mass is 10.0. The van der Waals surface area contributed by atoms with E-state index in [0.29, 0.717) is 30.2 Å². The van der Waals surface area contributed by atoms with Gasteiger partial charge in [-0.15, -0.1) is 0 Å². The van der Waals surface area contributed by atoms with Gasteiger partial charge in [-0.1, -0.05) is 30.3 Å². The Kier molecular flexibility index (Phi) is 9.54. The highest BCUT2D eigenvalue weighted by atomic mass is 19.4. The molecule has 0 aliphatic rings. The summed E-state index contributed by atoms with van der Waals surface area (Å²) in [6.07, 6.45) is -8.27. The zero-order valence-corrected chi connectivity index (χ0v) is 19.4. The van der Waals surface area contributed by atoms with E-state index in [1.165, 1.54) is 6.20 Å². The van der Waals surface area contributed by atoms with Gasteiger partial charge in [-0.2, -0.15) is 26.3 Å². The molecule has 36 heavy (non-hydrogen) atoms. The molecule has 0 saturated heterocycles. The lowest BCUT2D eigenvalue weighted by Crippen LogP contribution is -2.15. The average molecular weight is 514 g/mol. The van der Waals surface area contributed by atoms with Gasteiger partial charge in [-0.05, 0) is 50.8 Å².